The van der Waals surface area contributed by atoms with Crippen LogP contribution in [-0.4, -0.2) is 32.5 Å². The minimum Gasteiger partial charge on any atom is -0.497 e. The topological polar surface area (TPSA) is 36.9 Å². The van der Waals surface area contributed by atoms with Gasteiger partial charge in [0, 0.05) is 6.07 Å². The molecule has 0 radical (unpaired) electrons. The Labute approximate surface area is 162 Å². The van der Waals surface area contributed by atoms with Crippen molar-refractivity contribution in [3.63, 3.8) is 0 Å². The van der Waals surface area contributed by atoms with E-state index in [4.69, 9.17) is 18.8 Å². The molecule has 0 bridgehead atoms. The first-order valence-electron chi connectivity index (χ1n) is 9.11. The lowest BCUT2D eigenvalue weighted by atomic mass is 9.79. The molecule has 0 aliphatic carbocycles. The molecule has 5 heteroatoms. The average molecular weight is 366 g/mol. The van der Waals surface area contributed by atoms with Gasteiger partial charge in [-0.15, -0.1) is 0 Å². The second-order valence-electron chi connectivity index (χ2n) is 7.73. The van der Waals surface area contributed by atoms with Gasteiger partial charge in [-0.25, -0.2) is 0 Å². The third-order valence-corrected chi connectivity index (χ3v) is 5.30. The summed E-state index contributed by atoms with van der Waals surface area (Å²) in [5.74, 6) is 1.54. The van der Waals surface area contributed by atoms with E-state index in [2.05, 4.69) is 45.9 Å². The van der Waals surface area contributed by atoms with E-state index in [1.54, 1.807) is 14.2 Å². The zero-order valence-electron chi connectivity index (χ0n) is 16.9. The summed E-state index contributed by atoms with van der Waals surface area (Å²) < 4.78 is 22.8. The Kier molecular flexibility index (Phi) is 5.36. The van der Waals surface area contributed by atoms with Crippen molar-refractivity contribution in [2.45, 2.75) is 38.9 Å². The standard InChI is InChI=1S/C22H27BO4/c1-21(2)22(3,4)27-23(26-21)18-11-9-16(10-12-18)7-8-17-13-19(24-5)15-20(14-17)25-6/h7-15H,1-6H3. The van der Waals surface area contributed by atoms with Crippen LogP contribution in [0.4, 0.5) is 0 Å². The highest BCUT2D eigenvalue weighted by Crippen LogP contribution is 2.36. The molecular weight excluding hydrogens is 339 g/mol. The quantitative estimate of drug-likeness (QED) is 0.588. The highest BCUT2D eigenvalue weighted by Gasteiger charge is 2.51. The number of rotatable bonds is 5. The second-order valence-corrected chi connectivity index (χ2v) is 7.73. The molecule has 4 nitrogen and oxygen atoms in total. The molecule has 0 unspecified atom stereocenters. The fourth-order valence-electron chi connectivity index (χ4n) is 2.86. The van der Waals surface area contributed by atoms with Crippen LogP contribution >= 0.6 is 0 Å². The van der Waals surface area contributed by atoms with E-state index in [0.717, 1.165) is 28.1 Å². The maximum Gasteiger partial charge on any atom is 0.494 e. The van der Waals surface area contributed by atoms with E-state index < -0.39 is 0 Å². The van der Waals surface area contributed by atoms with Crippen LogP contribution in [0.2, 0.25) is 0 Å². The average Bonchev–Trinajstić information content (AvgIpc) is 2.87. The Morgan fingerprint density at radius 1 is 0.741 bits per heavy atom. The van der Waals surface area contributed by atoms with Crippen LogP contribution in [-0.2, 0) is 9.31 Å². The van der Waals surface area contributed by atoms with Crippen molar-refractivity contribution in [3.05, 3.63) is 53.6 Å². The van der Waals surface area contributed by atoms with E-state index in [1.807, 2.05) is 36.4 Å². The van der Waals surface area contributed by atoms with Gasteiger partial charge < -0.3 is 18.8 Å². The number of hydrogen-bond donors (Lipinski definition) is 0. The van der Waals surface area contributed by atoms with Crippen LogP contribution in [0.15, 0.2) is 42.5 Å². The van der Waals surface area contributed by atoms with Crippen LogP contribution in [0.1, 0.15) is 38.8 Å². The molecule has 0 aromatic heterocycles. The number of hydrogen-bond acceptors (Lipinski definition) is 4. The molecule has 1 saturated heterocycles. The van der Waals surface area contributed by atoms with Crippen LogP contribution in [0.25, 0.3) is 12.2 Å². The third kappa shape index (κ3) is 4.20. The molecule has 1 fully saturated rings. The van der Waals surface area contributed by atoms with Gasteiger partial charge in [0.2, 0.25) is 0 Å². The SMILES string of the molecule is COc1cc(C=Cc2ccc(B3OC(C)(C)C(C)(C)O3)cc2)cc(OC)c1. The van der Waals surface area contributed by atoms with Crippen molar-refractivity contribution in [2.75, 3.05) is 14.2 Å². The summed E-state index contributed by atoms with van der Waals surface area (Å²) in [6.45, 7) is 8.25. The fraction of sp³-hybridized carbons (Fsp3) is 0.364. The van der Waals surface area contributed by atoms with Gasteiger partial charge in [-0.1, -0.05) is 36.4 Å². The van der Waals surface area contributed by atoms with Gasteiger partial charge in [0.15, 0.2) is 0 Å². The Hall–Kier alpha value is -2.24. The van der Waals surface area contributed by atoms with Crippen molar-refractivity contribution in [1.29, 1.82) is 0 Å². The van der Waals surface area contributed by atoms with Crippen molar-refractivity contribution in [2.24, 2.45) is 0 Å². The van der Waals surface area contributed by atoms with Crippen molar-refractivity contribution >= 4 is 24.7 Å². The summed E-state index contributed by atoms with van der Waals surface area (Å²) in [6, 6.07) is 14.0. The van der Waals surface area contributed by atoms with E-state index in [0.29, 0.717) is 0 Å². The predicted octanol–water partition coefficient (Wildman–Crippen LogP) is 4.17. The molecule has 1 aliphatic heterocycles. The summed E-state index contributed by atoms with van der Waals surface area (Å²) in [5.41, 5.74) is 2.47. The number of methoxy groups -OCH3 is 2. The first-order valence-corrected chi connectivity index (χ1v) is 9.11. The van der Waals surface area contributed by atoms with Crippen molar-refractivity contribution in [3.8, 4) is 11.5 Å². The van der Waals surface area contributed by atoms with Crippen molar-refractivity contribution < 1.29 is 18.8 Å². The lowest BCUT2D eigenvalue weighted by Gasteiger charge is -2.32. The minimum absolute atomic E-state index is 0.332. The molecular formula is C22H27BO4. The summed E-state index contributed by atoms with van der Waals surface area (Å²) in [7, 11) is 2.96. The van der Waals surface area contributed by atoms with Gasteiger partial charge in [-0.05, 0) is 56.4 Å². The van der Waals surface area contributed by atoms with Crippen LogP contribution in [0.3, 0.4) is 0 Å². The maximum absolute atomic E-state index is 6.10. The van der Waals surface area contributed by atoms with Gasteiger partial charge in [0.25, 0.3) is 0 Å². The summed E-state index contributed by atoms with van der Waals surface area (Å²) in [4.78, 5) is 0. The molecule has 142 valence electrons. The highest BCUT2D eigenvalue weighted by molar-refractivity contribution is 6.62. The molecule has 1 heterocycles. The first kappa shape index (κ1) is 19.5. The zero-order valence-corrected chi connectivity index (χ0v) is 16.9. The highest BCUT2D eigenvalue weighted by atomic mass is 16.7. The Balaban J connectivity index is 1.74. The van der Waals surface area contributed by atoms with Crippen LogP contribution in [0, 0.1) is 0 Å². The van der Waals surface area contributed by atoms with E-state index >= 15 is 0 Å². The Morgan fingerprint density at radius 2 is 1.22 bits per heavy atom. The van der Waals surface area contributed by atoms with Crippen LogP contribution in [0.5, 0.6) is 11.5 Å². The van der Waals surface area contributed by atoms with Gasteiger partial charge in [-0.3, -0.25) is 0 Å². The van der Waals surface area contributed by atoms with Crippen molar-refractivity contribution in [1.82, 2.24) is 0 Å². The van der Waals surface area contributed by atoms with E-state index in [1.165, 1.54) is 0 Å². The smallest absolute Gasteiger partial charge is 0.494 e. The largest absolute Gasteiger partial charge is 0.497 e. The molecule has 2 aromatic carbocycles. The monoisotopic (exact) mass is 366 g/mol. The normalized spacial score (nSPS) is 18.1. The summed E-state index contributed by atoms with van der Waals surface area (Å²) in [5, 5.41) is 0. The molecule has 1 aliphatic rings. The van der Waals surface area contributed by atoms with Gasteiger partial charge in [-0.2, -0.15) is 0 Å². The molecule has 0 N–H and O–H groups in total. The lowest BCUT2D eigenvalue weighted by Crippen LogP contribution is -2.41. The molecule has 27 heavy (non-hydrogen) atoms. The van der Waals surface area contributed by atoms with Crippen LogP contribution < -0.4 is 14.9 Å². The summed E-state index contributed by atoms with van der Waals surface area (Å²) in [6.07, 6.45) is 4.09. The fourth-order valence-corrected chi connectivity index (χ4v) is 2.86. The van der Waals surface area contributed by atoms with Gasteiger partial charge in [0.05, 0.1) is 25.4 Å². The summed E-state index contributed by atoms with van der Waals surface area (Å²) >= 11 is 0. The molecule has 3 rings (SSSR count). The van der Waals surface area contributed by atoms with E-state index in [-0.39, 0.29) is 18.3 Å². The van der Waals surface area contributed by atoms with Gasteiger partial charge >= 0.3 is 7.12 Å². The minimum atomic E-state index is -0.337. The third-order valence-electron chi connectivity index (χ3n) is 5.30. The number of ether oxygens (including phenoxy) is 2. The molecule has 0 saturated carbocycles. The zero-order chi connectivity index (χ0) is 19.7. The maximum atomic E-state index is 6.10. The molecule has 0 spiro atoms. The molecule has 0 atom stereocenters. The predicted molar refractivity (Wildman–Crippen MR) is 111 cm³/mol. The second kappa shape index (κ2) is 7.41. The lowest BCUT2D eigenvalue weighted by molar-refractivity contribution is 0.00578. The van der Waals surface area contributed by atoms with E-state index in [9.17, 15) is 0 Å². The first-order chi connectivity index (χ1) is 12.7. The number of benzene rings is 2. The van der Waals surface area contributed by atoms with Gasteiger partial charge in [0.1, 0.15) is 11.5 Å². The molecule has 0 amide bonds. The molecule has 2 aromatic rings. The Bertz CT molecular complexity index is 786. The Morgan fingerprint density at radius 3 is 1.70 bits per heavy atom.